The number of aliphatic imine (C=N–C) groups is 2. The van der Waals surface area contributed by atoms with Crippen molar-refractivity contribution in [1.82, 2.24) is 0 Å². The topological polar surface area (TPSA) is 290 Å². The Morgan fingerprint density at radius 1 is 0.710 bits per heavy atom. The number of terminal acetylenes is 1. The molecule has 4 amide bonds. The van der Waals surface area contributed by atoms with E-state index in [9.17, 15) is 45.5 Å². The van der Waals surface area contributed by atoms with Gasteiger partial charge in [-0.2, -0.15) is 26.3 Å². The summed E-state index contributed by atoms with van der Waals surface area (Å²) in [4.78, 5) is 59.7. The maximum absolute atomic E-state index is 14.0. The Morgan fingerprint density at radius 3 is 1.52 bits per heavy atom. The Balaban J connectivity index is 0.00000621. The maximum atomic E-state index is 14.0. The van der Waals surface area contributed by atoms with E-state index in [2.05, 4.69) is 43.6 Å². The van der Waals surface area contributed by atoms with Crippen LogP contribution in [0.25, 0.3) is 0 Å². The summed E-state index contributed by atoms with van der Waals surface area (Å²) in [6.07, 6.45) is -2.65. The highest BCUT2D eigenvalue weighted by Gasteiger charge is 2.35. The van der Waals surface area contributed by atoms with Crippen molar-refractivity contribution >= 4 is 58.6 Å². The lowest BCUT2D eigenvalue weighted by Gasteiger charge is -2.20. The third-order valence-corrected chi connectivity index (χ3v) is 7.58. The molecule has 0 aliphatic heterocycles. The first-order chi connectivity index (χ1) is 29.2. The van der Waals surface area contributed by atoms with E-state index in [1.54, 1.807) is 6.92 Å². The molecule has 2 rings (SSSR count). The van der Waals surface area contributed by atoms with Crippen LogP contribution in [0, 0.1) is 12.3 Å². The lowest BCUT2D eigenvalue weighted by atomic mass is 10.1. The van der Waals surface area contributed by atoms with Gasteiger partial charge in [0.05, 0.1) is 33.9 Å². The highest BCUT2D eigenvalue weighted by atomic mass is 19.4. The second kappa shape index (κ2) is 27.5. The van der Waals surface area contributed by atoms with Crippen molar-refractivity contribution in [2.24, 2.45) is 38.7 Å². The molecule has 0 bridgehead atoms. The van der Waals surface area contributed by atoms with Crippen LogP contribution in [-0.4, -0.2) is 75.2 Å². The largest absolute Gasteiger partial charge is 0.488 e. The second-order valence-corrected chi connectivity index (χ2v) is 12.6. The van der Waals surface area contributed by atoms with E-state index in [1.807, 2.05) is 0 Å². The highest BCUT2D eigenvalue weighted by Crippen LogP contribution is 2.42. The predicted octanol–water partition coefficient (Wildman–Crippen LogP) is 4.43. The van der Waals surface area contributed by atoms with E-state index in [-0.39, 0.29) is 76.1 Å². The number of nitrogens with two attached hydrogens (primary N) is 5. The molecule has 0 unspecified atom stereocenters. The number of halogens is 6. The molecule has 0 aromatic heterocycles. The number of rotatable bonds is 23. The average molecular weight is 886 g/mol. The number of nitrogens with one attached hydrogen (secondary N) is 4. The molecular weight excluding hydrogens is 832 g/mol. The molecule has 0 atom stereocenters. The lowest BCUT2D eigenvalue weighted by molar-refractivity contribution is -0.138. The van der Waals surface area contributed by atoms with Gasteiger partial charge in [0, 0.05) is 45.1 Å². The zero-order valence-electron chi connectivity index (χ0n) is 34.2. The SMILES string of the molecule is C#CC.CC=N/C(=C\CC(=O)Nc1cc(C(F)(F)F)cc(NC(=O)CCCCN=C(N)N)c1OCCN)C(=O)Nc1cc(C(F)(F)F)cc(NC(=O)CCCCN)c1OCCN. The number of amides is 4. The van der Waals surface area contributed by atoms with Gasteiger partial charge in [-0.05, 0) is 76.4 Å². The summed E-state index contributed by atoms with van der Waals surface area (Å²) in [7, 11) is 0. The third kappa shape index (κ3) is 19.8. The van der Waals surface area contributed by atoms with Crippen molar-refractivity contribution in [3.63, 3.8) is 0 Å². The van der Waals surface area contributed by atoms with Crippen molar-refractivity contribution in [3.8, 4) is 23.8 Å². The third-order valence-electron chi connectivity index (χ3n) is 7.58. The Morgan fingerprint density at radius 2 is 1.13 bits per heavy atom. The van der Waals surface area contributed by atoms with E-state index in [0.717, 1.165) is 12.3 Å². The van der Waals surface area contributed by atoms with Crippen LogP contribution in [-0.2, 0) is 31.5 Å². The minimum atomic E-state index is -4.95. The number of alkyl halides is 6. The minimum absolute atomic E-state index is 0.0779. The highest BCUT2D eigenvalue weighted by molar-refractivity contribution is 6.07. The molecule has 0 heterocycles. The normalized spacial score (nSPS) is 11.4. The van der Waals surface area contributed by atoms with E-state index in [1.165, 1.54) is 6.92 Å². The lowest BCUT2D eigenvalue weighted by Crippen LogP contribution is -2.23. The number of unbranched alkanes of at least 4 members (excludes halogenated alkanes) is 2. The van der Waals surface area contributed by atoms with Crippen LogP contribution >= 0.6 is 0 Å². The van der Waals surface area contributed by atoms with E-state index < -0.39 is 82.0 Å². The van der Waals surface area contributed by atoms with Crippen LogP contribution in [0.1, 0.15) is 69.9 Å². The summed E-state index contributed by atoms with van der Waals surface area (Å²) in [6, 6.07) is 2.38. The average Bonchev–Trinajstić information content (AvgIpc) is 3.18. The van der Waals surface area contributed by atoms with Gasteiger partial charge in [-0.25, -0.2) is 0 Å². The number of ether oxygens (including phenoxy) is 2. The van der Waals surface area contributed by atoms with Gasteiger partial charge in [0.1, 0.15) is 18.9 Å². The van der Waals surface area contributed by atoms with Gasteiger partial charge in [0.2, 0.25) is 17.7 Å². The van der Waals surface area contributed by atoms with E-state index in [4.69, 9.17) is 38.1 Å². The molecule has 0 spiro atoms. The summed E-state index contributed by atoms with van der Waals surface area (Å²) in [5, 5.41) is 9.27. The van der Waals surface area contributed by atoms with Crippen molar-refractivity contribution in [2.45, 2.75) is 71.1 Å². The molecule has 342 valence electrons. The molecule has 23 heteroatoms. The van der Waals surface area contributed by atoms with Gasteiger partial charge in [0.25, 0.3) is 5.91 Å². The van der Waals surface area contributed by atoms with Crippen LogP contribution in [0.2, 0.25) is 0 Å². The molecule has 0 aliphatic rings. The van der Waals surface area contributed by atoms with Gasteiger partial charge < -0.3 is 59.4 Å². The molecular formula is C39H53F6N11O6. The molecule has 0 aliphatic carbocycles. The fourth-order valence-corrected chi connectivity index (χ4v) is 4.97. The molecule has 0 fully saturated rings. The number of carbonyl (C=O) groups excluding carboxylic acids is 4. The molecule has 17 nitrogen and oxygen atoms in total. The zero-order chi connectivity index (χ0) is 46.9. The van der Waals surface area contributed by atoms with Gasteiger partial charge in [0.15, 0.2) is 17.5 Å². The first kappa shape index (κ1) is 53.6. The number of anilines is 4. The van der Waals surface area contributed by atoms with Crippen LogP contribution in [0.4, 0.5) is 49.1 Å². The number of guanidine groups is 1. The van der Waals surface area contributed by atoms with Crippen LogP contribution < -0.4 is 59.4 Å². The molecule has 0 radical (unpaired) electrons. The number of hydrogen-bond acceptors (Lipinski definition) is 11. The van der Waals surface area contributed by atoms with Crippen LogP contribution in [0.5, 0.6) is 11.5 Å². The minimum Gasteiger partial charge on any atom is -0.488 e. The summed E-state index contributed by atoms with van der Waals surface area (Å²) in [5.74, 6) is -2.08. The molecule has 2 aromatic rings. The zero-order valence-corrected chi connectivity index (χ0v) is 34.2. The summed E-state index contributed by atoms with van der Waals surface area (Å²) >= 11 is 0. The van der Waals surface area contributed by atoms with E-state index in [0.29, 0.717) is 43.5 Å². The van der Waals surface area contributed by atoms with Crippen LogP contribution in [0.15, 0.2) is 46.0 Å². The van der Waals surface area contributed by atoms with E-state index >= 15 is 0 Å². The Bertz CT molecular complexity index is 1940. The predicted molar refractivity (Wildman–Crippen MR) is 225 cm³/mol. The van der Waals surface area contributed by atoms with Gasteiger partial charge >= 0.3 is 12.4 Å². The first-order valence-electron chi connectivity index (χ1n) is 18.9. The van der Waals surface area contributed by atoms with Crippen molar-refractivity contribution < 1.29 is 55.0 Å². The molecule has 0 saturated heterocycles. The summed E-state index contributed by atoms with van der Waals surface area (Å²) < 4.78 is 95.2. The maximum Gasteiger partial charge on any atom is 0.416 e. The Labute approximate surface area is 354 Å². The van der Waals surface area contributed by atoms with Crippen molar-refractivity contribution in [1.29, 1.82) is 0 Å². The Kier molecular flexibility index (Phi) is 23.8. The fraction of sp³-hybridized carbons (Fsp3) is 0.436. The number of carbonyl (C=O) groups is 4. The summed E-state index contributed by atoms with van der Waals surface area (Å²) in [5.41, 5.74) is 22.2. The standard InChI is InChI=1S/C36H49F6N11O6.C3H4/c1-2-48-23(33(57)53-27-20-22(36(40,41)42)19-26(32(27)59-16-13-45)51-28(54)7-3-5-11-43)9-10-30(56)52-25-18-21(35(37,38)39)17-24(31(25)58-15-12-44)50-29(55)8-4-6-14-49-34(46)47;1-3-2/h2,9,17-20H,3-8,10-16,43-45H2,1H3,(H,50,55)(H,51,54)(H,52,56)(H,53,57)(H4,46,47,49);1H,2H3/b23-9-,48-2?;. The summed E-state index contributed by atoms with van der Waals surface area (Å²) in [6.45, 7) is 2.87. The molecule has 14 N–H and O–H groups in total. The van der Waals surface area contributed by atoms with Gasteiger partial charge in [-0.15, -0.1) is 12.3 Å². The second-order valence-electron chi connectivity index (χ2n) is 12.6. The van der Waals surface area contributed by atoms with Crippen LogP contribution in [0.3, 0.4) is 0 Å². The number of benzene rings is 2. The number of hydrogen-bond donors (Lipinski definition) is 9. The fourth-order valence-electron chi connectivity index (χ4n) is 4.97. The van der Waals surface area contributed by atoms with Crippen molar-refractivity contribution in [2.75, 3.05) is 60.7 Å². The van der Waals surface area contributed by atoms with Gasteiger partial charge in [-0.3, -0.25) is 29.2 Å². The first-order valence-corrected chi connectivity index (χ1v) is 18.9. The molecule has 62 heavy (non-hydrogen) atoms. The van der Waals surface area contributed by atoms with Crippen molar-refractivity contribution in [3.05, 3.63) is 47.2 Å². The smallest absolute Gasteiger partial charge is 0.416 e. The monoisotopic (exact) mass is 885 g/mol. The molecule has 0 saturated carbocycles. The quantitative estimate of drug-likeness (QED) is 0.0188. The molecule has 2 aromatic carbocycles. The van der Waals surface area contributed by atoms with Gasteiger partial charge in [-0.1, -0.05) is 0 Å². The Hall–Kier alpha value is -6.38. The number of nitrogens with zero attached hydrogens (tertiary/aromatic N) is 2.